The molecule has 0 atom stereocenters. The molecule has 2 heteroatoms. The first-order valence-corrected chi connectivity index (χ1v) is 5.48. The van der Waals surface area contributed by atoms with E-state index in [9.17, 15) is 0 Å². The van der Waals surface area contributed by atoms with Crippen LogP contribution in [0.2, 0.25) is 0 Å². The molecule has 13 heavy (non-hydrogen) atoms. The van der Waals surface area contributed by atoms with Gasteiger partial charge < -0.3 is 5.73 Å². The lowest BCUT2D eigenvalue weighted by molar-refractivity contribution is 0.744. The van der Waals surface area contributed by atoms with Crippen LogP contribution >= 0.6 is 15.9 Å². The average Bonchev–Trinajstić information content (AvgIpc) is 2.03. The largest absolute Gasteiger partial charge is 0.330 e. The Labute approximate surface area is 88.5 Å². The molecule has 0 heterocycles. The molecule has 2 N–H and O–H groups in total. The molecule has 0 radical (unpaired) electrons. The van der Waals surface area contributed by atoms with Gasteiger partial charge >= 0.3 is 0 Å². The maximum Gasteiger partial charge on any atom is 0.0180 e. The van der Waals surface area contributed by atoms with E-state index in [4.69, 9.17) is 5.73 Å². The molecular weight excluding hydrogens is 226 g/mol. The van der Waals surface area contributed by atoms with Crippen molar-refractivity contribution in [3.8, 4) is 0 Å². The third kappa shape index (κ3) is 3.92. The molecule has 0 fully saturated rings. The van der Waals surface area contributed by atoms with Gasteiger partial charge in [0, 0.05) is 4.47 Å². The fraction of sp³-hybridized carbons (Fsp3) is 0.455. The Morgan fingerprint density at radius 3 is 2.62 bits per heavy atom. The van der Waals surface area contributed by atoms with Gasteiger partial charge in [-0.05, 0) is 56.0 Å². The lowest BCUT2D eigenvalue weighted by Gasteiger charge is -2.03. The van der Waals surface area contributed by atoms with E-state index in [0.717, 1.165) is 19.4 Å². The quantitative estimate of drug-likeness (QED) is 0.807. The highest BCUT2D eigenvalue weighted by Gasteiger charge is 1.96. The molecule has 0 aliphatic rings. The van der Waals surface area contributed by atoms with Crippen LogP contribution in [0, 0.1) is 6.92 Å². The second-order valence-corrected chi connectivity index (χ2v) is 4.30. The van der Waals surface area contributed by atoms with Gasteiger partial charge in [-0.2, -0.15) is 0 Å². The molecule has 72 valence electrons. The molecule has 1 aromatic carbocycles. The number of hydrogen-bond acceptors (Lipinski definition) is 1. The SMILES string of the molecule is Cc1cc(Br)cc(CCCCN)c1. The molecule has 1 rings (SSSR count). The molecule has 0 amide bonds. The van der Waals surface area contributed by atoms with Crippen LogP contribution in [-0.2, 0) is 6.42 Å². The molecule has 1 nitrogen and oxygen atoms in total. The first-order valence-electron chi connectivity index (χ1n) is 4.68. The van der Waals surface area contributed by atoms with Crippen molar-refractivity contribution in [2.75, 3.05) is 6.54 Å². The zero-order valence-corrected chi connectivity index (χ0v) is 9.60. The number of unbranched alkanes of at least 4 members (excludes halogenated alkanes) is 1. The zero-order valence-electron chi connectivity index (χ0n) is 8.02. The molecular formula is C11H16BrN. The van der Waals surface area contributed by atoms with Crippen LogP contribution in [0.1, 0.15) is 24.0 Å². The number of halogens is 1. The summed E-state index contributed by atoms with van der Waals surface area (Å²) < 4.78 is 1.18. The van der Waals surface area contributed by atoms with Crippen molar-refractivity contribution in [3.05, 3.63) is 33.8 Å². The first kappa shape index (κ1) is 10.7. The second-order valence-electron chi connectivity index (χ2n) is 3.38. The summed E-state index contributed by atoms with van der Waals surface area (Å²) in [7, 11) is 0. The summed E-state index contributed by atoms with van der Waals surface area (Å²) >= 11 is 3.50. The highest BCUT2D eigenvalue weighted by atomic mass is 79.9. The Kier molecular flexibility index (Phi) is 4.46. The van der Waals surface area contributed by atoms with Crippen LogP contribution in [0.25, 0.3) is 0 Å². The third-order valence-electron chi connectivity index (χ3n) is 2.02. The van der Waals surface area contributed by atoms with Gasteiger partial charge in [0.05, 0.1) is 0 Å². The maximum atomic E-state index is 5.44. The highest BCUT2D eigenvalue weighted by molar-refractivity contribution is 9.10. The van der Waals surface area contributed by atoms with Gasteiger partial charge in [0.1, 0.15) is 0 Å². The van der Waals surface area contributed by atoms with Crippen molar-refractivity contribution in [3.63, 3.8) is 0 Å². The second kappa shape index (κ2) is 5.40. The standard InChI is InChI=1S/C11H16BrN/c1-9-6-10(4-2-3-5-13)8-11(12)7-9/h6-8H,2-5,13H2,1H3. The monoisotopic (exact) mass is 241 g/mol. The number of hydrogen-bond donors (Lipinski definition) is 1. The van der Waals surface area contributed by atoms with Crippen LogP contribution in [0.5, 0.6) is 0 Å². The number of rotatable bonds is 4. The van der Waals surface area contributed by atoms with Gasteiger partial charge in [0.2, 0.25) is 0 Å². The summed E-state index contributed by atoms with van der Waals surface area (Å²) in [4.78, 5) is 0. The van der Waals surface area contributed by atoms with E-state index in [0.29, 0.717) is 0 Å². The fourth-order valence-electron chi connectivity index (χ4n) is 1.43. The lowest BCUT2D eigenvalue weighted by atomic mass is 10.1. The van der Waals surface area contributed by atoms with Crippen molar-refractivity contribution in [1.82, 2.24) is 0 Å². The summed E-state index contributed by atoms with van der Waals surface area (Å²) in [5, 5.41) is 0. The highest BCUT2D eigenvalue weighted by Crippen LogP contribution is 2.16. The zero-order chi connectivity index (χ0) is 9.68. The Hall–Kier alpha value is -0.340. The molecule has 0 spiro atoms. The Morgan fingerprint density at radius 1 is 1.23 bits per heavy atom. The van der Waals surface area contributed by atoms with Gasteiger partial charge in [-0.1, -0.05) is 22.0 Å². The maximum absolute atomic E-state index is 5.44. The minimum absolute atomic E-state index is 0.799. The topological polar surface area (TPSA) is 26.0 Å². The van der Waals surface area contributed by atoms with Crippen molar-refractivity contribution in [1.29, 1.82) is 0 Å². The van der Waals surface area contributed by atoms with Crippen LogP contribution in [-0.4, -0.2) is 6.54 Å². The first-order chi connectivity index (χ1) is 6.22. The molecule has 0 unspecified atom stereocenters. The minimum atomic E-state index is 0.799. The Morgan fingerprint density at radius 2 is 2.00 bits per heavy atom. The average molecular weight is 242 g/mol. The predicted molar refractivity (Wildman–Crippen MR) is 60.9 cm³/mol. The molecule has 0 aromatic heterocycles. The van der Waals surface area contributed by atoms with Gasteiger partial charge in [0.25, 0.3) is 0 Å². The van der Waals surface area contributed by atoms with Crippen LogP contribution in [0.4, 0.5) is 0 Å². The van der Waals surface area contributed by atoms with Crippen molar-refractivity contribution in [2.24, 2.45) is 5.73 Å². The van der Waals surface area contributed by atoms with E-state index in [-0.39, 0.29) is 0 Å². The van der Waals surface area contributed by atoms with Crippen molar-refractivity contribution in [2.45, 2.75) is 26.2 Å². The Balaban J connectivity index is 2.56. The van der Waals surface area contributed by atoms with Crippen molar-refractivity contribution < 1.29 is 0 Å². The third-order valence-corrected chi connectivity index (χ3v) is 2.48. The fourth-order valence-corrected chi connectivity index (χ4v) is 2.08. The van der Waals surface area contributed by atoms with E-state index >= 15 is 0 Å². The van der Waals surface area contributed by atoms with Crippen LogP contribution in [0.15, 0.2) is 22.7 Å². The molecule has 1 aromatic rings. The number of nitrogens with two attached hydrogens (primary N) is 1. The van der Waals surface area contributed by atoms with Crippen molar-refractivity contribution >= 4 is 15.9 Å². The smallest absolute Gasteiger partial charge is 0.0180 e. The Bertz CT molecular complexity index is 251. The normalized spacial score (nSPS) is 10.4. The summed E-state index contributed by atoms with van der Waals surface area (Å²) in [5.41, 5.74) is 8.16. The number of benzene rings is 1. The summed E-state index contributed by atoms with van der Waals surface area (Å²) in [5.74, 6) is 0. The lowest BCUT2D eigenvalue weighted by Crippen LogP contribution is -1.99. The van der Waals surface area contributed by atoms with Gasteiger partial charge in [-0.3, -0.25) is 0 Å². The van der Waals surface area contributed by atoms with Gasteiger partial charge in [0.15, 0.2) is 0 Å². The van der Waals surface area contributed by atoms with E-state index in [1.54, 1.807) is 0 Å². The van der Waals surface area contributed by atoms with E-state index < -0.39 is 0 Å². The number of aryl methyl sites for hydroxylation is 2. The van der Waals surface area contributed by atoms with Gasteiger partial charge in [-0.15, -0.1) is 0 Å². The van der Waals surface area contributed by atoms with E-state index in [1.807, 2.05) is 0 Å². The summed E-state index contributed by atoms with van der Waals surface area (Å²) in [6, 6.07) is 6.55. The molecule has 0 saturated carbocycles. The summed E-state index contributed by atoms with van der Waals surface area (Å²) in [6.45, 7) is 2.92. The minimum Gasteiger partial charge on any atom is -0.330 e. The van der Waals surface area contributed by atoms with Crippen LogP contribution in [0.3, 0.4) is 0 Å². The van der Waals surface area contributed by atoms with Crippen LogP contribution < -0.4 is 5.73 Å². The predicted octanol–water partition coefficient (Wildman–Crippen LogP) is 3.04. The summed E-state index contributed by atoms with van der Waals surface area (Å²) in [6.07, 6.45) is 3.44. The van der Waals surface area contributed by atoms with Gasteiger partial charge in [-0.25, -0.2) is 0 Å². The van der Waals surface area contributed by atoms with E-state index in [1.165, 1.54) is 22.0 Å². The molecule has 0 saturated heterocycles. The molecule has 0 aliphatic carbocycles. The molecule has 0 bridgehead atoms. The van der Waals surface area contributed by atoms with E-state index in [2.05, 4.69) is 41.1 Å². The molecule has 0 aliphatic heterocycles.